The molecule has 0 unspecified atom stereocenters. The van der Waals surface area contributed by atoms with Crippen molar-refractivity contribution in [1.29, 1.82) is 0 Å². The number of fused-ring (bicyclic) bond motifs is 1. The third-order valence-corrected chi connectivity index (χ3v) is 3.47. The first kappa shape index (κ1) is 11.5. The summed E-state index contributed by atoms with van der Waals surface area (Å²) in [5, 5.41) is 8.41. The summed E-state index contributed by atoms with van der Waals surface area (Å²) < 4.78 is 0. The predicted molar refractivity (Wildman–Crippen MR) is 72.3 cm³/mol. The van der Waals surface area contributed by atoms with Gasteiger partial charge in [0.1, 0.15) is 0 Å². The molecular formula is C13H18N2S. The monoisotopic (exact) mass is 234 g/mol. The van der Waals surface area contributed by atoms with Crippen LogP contribution in [0.5, 0.6) is 0 Å². The molecule has 0 aliphatic carbocycles. The molecule has 0 aliphatic rings. The summed E-state index contributed by atoms with van der Waals surface area (Å²) in [6.07, 6.45) is 3.00. The second-order valence-corrected chi connectivity index (χ2v) is 5.39. The normalized spacial score (nSPS) is 12.2. The molecule has 2 aromatic rings. The largest absolute Gasteiger partial charge is 0.278 e. The number of nitrogens with one attached hydrogen (secondary N) is 1. The Balaban J connectivity index is 2.65. The van der Waals surface area contributed by atoms with E-state index in [2.05, 4.69) is 55.7 Å². The summed E-state index contributed by atoms with van der Waals surface area (Å²) in [5.74, 6) is 0.903. The number of hydrogen-bond acceptors (Lipinski definition) is 2. The van der Waals surface area contributed by atoms with Crippen molar-refractivity contribution in [2.75, 3.05) is 5.75 Å². The standard InChI is InChI=1S/C13H18N2S/c1-9-4-5-11-10(8-14-15-11)12(9)13(2,3)6-7-16/h4-5,8,16H,6-7H2,1-3H3,(H,14,15). The van der Waals surface area contributed by atoms with Crippen LogP contribution in [0.25, 0.3) is 10.9 Å². The minimum absolute atomic E-state index is 0.148. The van der Waals surface area contributed by atoms with Gasteiger partial charge in [-0.25, -0.2) is 0 Å². The zero-order valence-electron chi connectivity index (χ0n) is 10.0. The van der Waals surface area contributed by atoms with Crippen molar-refractivity contribution in [2.24, 2.45) is 0 Å². The Bertz CT molecular complexity index is 500. The molecule has 0 aliphatic heterocycles. The number of benzene rings is 1. The second-order valence-electron chi connectivity index (χ2n) is 4.95. The van der Waals surface area contributed by atoms with Gasteiger partial charge in [0.15, 0.2) is 0 Å². The highest BCUT2D eigenvalue weighted by molar-refractivity contribution is 7.80. The highest BCUT2D eigenvalue weighted by Gasteiger charge is 2.24. The van der Waals surface area contributed by atoms with Crippen molar-refractivity contribution in [3.63, 3.8) is 0 Å². The summed E-state index contributed by atoms with van der Waals surface area (Å²) in [6.45, 7) is 6.72. The van der Waals surface area contributed by atoms with Gasteiger partial charge in [0.2, 0.25) is 0 Å². The second kappa shape index (κ2) is 4.13. The fraction of sp³-hybridized carbons (Fsp3) is 0.462. The summed E-state index contributed by atoms with van der Waals surface area (Å²) in [5.41, 5.74) is 4.00. The van der Waals surface area contributed by atoms with Gasteiger partial charge in [0.25, 0.3) is 0 Å². The fourth-order valence-corrected chi connectivity index (χ4v) is 2.99. The van der Waals surface area contributed by atoms with Gasteiger partial charge in [-0.15, -0.1) is 0 Å². The Kier molecular flexibility index (Phi) is 2.98. The van der Waals surface area contributed by atoms with Gasteiger partial charge >= 0.3 is 0 Å². The number of hydrogen-bond donors (Lipinski definition) is 2. The number of nitrogens with zero attached hydrogens (tertiary/aromatic N) is 1. The van der Waals surface area contributed by atoms with Crippen molar-refractivity contribution in [3.05, 3.63) is 29.5 Å². The van der Waals surface area contributed by atoms with E-state index in [-0.39, 0.29) is 5.41 Å². The minimum Gasteiger partial charge on any atom is -0.278 e. The maximum absolute atomic E-state index is 4.35. The van der Waals surface area contributed by atoms with Crippen LogP contribution in [0.1, 0.15) is 31.4 Å². The highest BCUT2D eigenvalue weighted by Crippen LogP contribution is 2.35. The van der Waals surface area contributed by atoms with Crippen molar-refractivity contribution >= 4 is 23.5 Å². The molecule has 86 valence electrons. The van der Waals surface area contributed by atoms with Gasteiger partial charge < -0.3 is 0 Å². The third-order valence-electron chi connectivity index (χ3n) is 3.25. The van der Waals surface area contributed by atoms with E-state index in [1.807, 2.05) is 6.20 Å². The first-order valence-corrected chi connectivity index (χ1v) is 6.23. The van der Waals surface area contributed by atoms with Gasteiger partial charge in [0, 0.05) is 5.39 Å². The lowest BCUT2D eigenvalue weighted by Gasteiger charge is -2.27. The summed E-state index contributed by atoms with van der Waals surface area (Å²) in [7, 11) is 0. The van der Waals surface area contributed by atoms with Crippen LogP contribution in [0.3, 0.4) is 0 Å². The smallest absolute Gasteiger partial charge is 0.0653 e. The zero-order chi connectivity index (χ0) is 11.8. The average Bonchev–Trinajstić information content (AvgIpc) is 2.64. The molecule has 0 bridgehead atoms. The third kappa shape index (κ3) is 1.84. The maximum atomic E-state index is 4.35. The van der Waals surface area contributed by atoms with Gasteiger partial charge in [-0.3, -0.25) is 5.10 Å². The van der Waals surface area contributed by atoms with Crippen molar-refractivity contribution in [2.45, 2.75) is 32.6 Å². The SMILES string of the molecule is Cc1ccc2[nH]ncc2c1C(C)(C)CCS. The Morgan fingerprint density at radius 3 is 2.81 bits per heavy atom. The van der Waals surface area contributed by atoms with E-state index >= 15 is 0 Å². The summed E-state index contributed by atoms with van der Waals surface area (Å²) in [4.78, 5) is 0. The summed E-state index contributed by atoms with van der Waals surface area (Å²) in [6, 6.07) is 4.26. The molecule has 0 amide bonds. The van der Waals surface area contributed by atoms with Crippen molar-refractivity contribution in [3.8, 4) is 0 Å². The molecule has 1 heterocycles. The first-order valence-electron chi connectivity index (χ1n) is 5.60. The number of aryl methyl sites for hydroxylation is 1. The van der Waals surface area contributed by atoms with Crippen molar-refractivity contribution < 1.29 is 0 Å². The number of aromatic amines is 1. The molecule has 3 heteroatoms. The van der Waals surface area contributed by atoms with Crippen LogP contribution in [0.15, 0.2) is 18.3 Å². The first-order chi connectivity index (χ1) is 7.56. The predicted octanol–water partition coefficient (Wildman–Crippen LogP) is 3.47. The van der Waals surface area contributed by atoms with E-state index < -0.39 is 0 Å². The van der Waals surface area contributed by atoms with E-state index in [9.17, 15) is 0 Å². The molecule has 2 rings (SSSR count). The molecule has 0 saturated heterocycles. The molecule has 1 aromatic carbocycles. The quantitative estimate of drug-likeness (QED) is 0.782. The van der Waals surface area contributed by atoms with Crippen LogP contribution in [-0.2, 0) is 5.41 Å². The van der Waals surface area contributed by atoms with Crippen LogP contribution < -0.4 is 0 Å². The Morgan fingerprint density at radius 2 is 2.12 bits per heavy atom. The zero-order valence-corrected chi connectivity index (χ0v) is 10.9. The van der Waals surface area contributed by atoms with Crippen LogP contribution >= 0.6 is 12.6 Å². The lowest BCUT2D eigenvalue weighted by molar-refractivity contribution is 0.513. The topological polar surface area (TPSA) is 28.7 Å². The number of thiol groups is 1. The van der Waals surface area contributed by atoms with Gasteiger partial charge in [-0.05, 0) is 41.7 Å². The highest BCUT2D eigenvalue weighted by atomic mass is 32.1. The van der Waals surface area contributed by atoms with Crippen LogP contribution in [0.2, 0.25) is 0 Å². The van der Waals surface area contributed by atoms with E-state index in [1.165, 1.54) is 16.5 Å². The van der Waals surface area contributed by atoms with E-state index in [1.54, 1.807) is 0 Å². The molecule has 16 heavy (non-hydrogen) atoms. The Hall–Kier alpha value is -0.960. The number of rotatable bonds is 3. The molecule has 0 saturated carbocycles. The van der Waals surface area contributed by atoms with E-state index in [0.717, 1.165) is 17.7 Å². The van der Waals surface area contributed by atoms with Crippen molar-refractivity contribution in [1.82, 2.24) is 10.2 Å². The molecule has 0 fully saturated rings. The molecule has 2 nitrogen and oxygen atoms in total. The van der Waals surface area contributed by atoms with Crippen LogP contribution in [-0.4, -0.2) is 16.0 Å². The fourth-order valence-electron chi connectivity index (χ4n) is 2.43. The molecule has 1 aromatic heterocycles. The lowest BCUT2D eigenvalue weighted by atomic mass is 9.78. The van der Waals surface area contributed by atoms with Gasteiger partial charge in [-0.2, -0.15) is 17.7 Å². The molecule has 0 atom stereocenters. The van der Waals surface area contributed by atoms with Crippen LogP contribution in [0.4, 0.5) is 0 Å². The molecule has 0 radical (unpaired) electrons. The maximum Gasteiger partial charge on any atom is 0.0653 e. The molecule has 0 spiro atoms. The van der Waals surface area contributed by atoms with Gasteiger partial charge in [-0.1, -0.05) is 19.9 Å². The molecule has 1 N–H and O–H groups in total. The molecular weight excluding hydrogens is 216 g/mol. The van der Waals surface area contributed by atoms with Crippen LogP contribution in [0, 0.1) is 6.92 Å². The van der Waals surface area contributed by atoms with E-state index in [4.69, 9.17) is 0 Å². The Morgan fingerprint density at radius 1 is 1.38 bits per heavy atom. The van der Waals surface area contributed by atoms with Gasteiger partial charge in [0.05, 0.1) is 11.7 Å². The average molecular weight is 234 g/mol. The number of H-pyrrole nitrogens is 1. The number of aromatic nitrogens is 2. The lowest BCUT2D eigenvalue weighted by Crippen LogP contribution is -2.19. The minimum atomic E-state index is 0.148. The van der Waals surface area contributed by atoms with E-state index in [0.29, 0.717) is 0 Å². The Labute approximate surface area is 102 Å². The summed E-state index contributed by atoms with van der Waals surface area (Å²) >= 11 is 4.35.